The normalized spacial score (nSPS) is 17.3. The molecule has 1 aromatic carbocycles. The Balaban J connectivity index is 1.55. The maximum Gasteiger partial charge on any atom is 0.254 e. The zero-order chi connectivity index (χ0) is 17.2. The summed E-state index contributed by atoms with van der Waals surface area (Å²) in [6.45, 7) is 6.26. The van der Waals surface area contributed by atoms with E-state index in [0.29, 0.717) is 26.3 Å². The summed E-state index contributed by atoms with van der Waals surface area (Å²) >= 11 is 0. The molecule has 0 saturated carbocycles. The highest BCUT2D eigenvalue weighted by atomic mass is 16.5. The van der Waals surface area contributed by atoms with Gasteiger partial charge in [-0.15, -0.1) is 0 Å². The van der Waals surface area contributed by atoms with Crippen molar-refractivity contribution in [2.24, 2.45) is 0 Å². The summed E-state index contributed by atoms with van der Waals surface area (Å²) in [5, 5.41) is 0. The number of aromatic nitrogens is 2. The summed E-state index contributed by atoms with van der Waals surface area (Å²) in [5.74, 6) is 0.822. The van der Waals surface area contributed by atoms with Crippen LogP contribution in [0.25, 0.3) is 0 Å². The van der Waals surface area contributed by atoms with Crippen LogP contribution in [-0.4, -0.2) is 53.6 Å². The number of aryl methyl sites for hydroxylation is 1. The van der Waals surface area contributed by atoms with E-state index < -0.39 is 0 Å². The van der Waals surface area contributed by atoms with Crippen molar-refractivity contribution in [3.05, 3.63) is 52.8 Å². The average molecular weight is 338 g/mol. The van der Waals surface area contributed by atoms with E-state index in [0.717, 1.165) is 47.8 Å². The number of rotatable bonds is 2. The molecule has 0 radical (unpaired) electrons. The standard InChI is InChI=1S/C19H22N4O2/c1-14-4-2-3-5-16(14)18(24)23-7-6-15-12-20-19(21-17(15)13-23)22-8-10-25-11-9-22/h2-5,12H,6-11,13H2,1H3. The molecule has 1 aromatic heterocycles. The van der Waals surface area contributed by atoms with E-state index in [9.17, 15) is 4.79 Å². The molecule has 1 fully saturated rings. The minimum Gasteiger partial charge on any atom is -0.378 e. The van der Waals surface area contributed by atoms with Gasteiger partial charge in [-0.05, 0) is 30.5 Å². The first-order chi connectivity index (χ1) is 12.2. The van der Waals surface area contributed by atoms with Crippen LogP contribution in [0, 0.1) is 6.92 Å². The van der Waals surface area contributed by atoms with Crippen LogP contribution in [-0.2, 0) is 17.7 Å². The molecule has 0 aliphatic carbocycles. The Labute approximate surface area is 147 Å². The highest BCUT2D eigenvalue weighted by Gasteiger charge is 2.25. The summed E-state index contributed by atoms with van der Waals surface area (Å²) in [6, 6.07) is 7.74. The highest BCUT2D eigenvalue weighted by Crippen LogP contribution is 2.22. The summed E-state index contributed by atoms with van der Waals surface area (Å²) in [4.78, 5) is 26.2. The second kappa shape index (κ2) is 6.80. The van der Waals surface area contributed by atoms with Gasteiger partial charge in [-0.25, -0.2) is 9.97 Å². The molecule has 0 bridgehead atoms. The number of nitrogens with zero attached hydrogens (tertiary/aromatic N) is 4. The quantitative estimate of drug-likeness (QED) is 0.836. The number of anilines is 1. The fraction of sp³-hybridized carbons (Fsp3) is 0.421. The first-order valence-corrected chi connectivity index (χ1v) is 8.75. The predicted octanol–water partition coefficient (Wildman–Crippen LogP) is 1.82. The Morgan fingerprint density at radius 1 is 1.16 bits per heavy atom. The van der Waals surface area contributed by atoms with Crippen LogP contribution in [0.3, 0.4) is 0 Å². The van der Waals surface area contributed by atoms with Crippen molar-refractivity contribution in [1.82, 2.24) is 14.9 Å². The average Bonchev–Trinajstić information content (AvgIpc) is 2.67. The molecule has 2 aliphatic heterocycles. The number of fused-ring (bicyclic) bond motifs is 1. The third-order valence-corrected chi connectivity index (χ3v) is 4.89. The smallest absolute Gasteiger partial charge is 0.254 e. The lowest BCUT2D eigenvalue weighted by atomic mass is 10.0. The second-order valence-corrected chi connectivity index (χ2v) is 6.53. The molecular formula is C19H22N4O2. The minimum absolute atomic E-state index is 0.0790. The van der Waals surface area contributed by atoms with E-state index in [4.69, 9.17) is 9.72 Å². The first-order valence-electron chi connectivity index (χ1n) is 8.75. The van der Waals surface area contributed by atoms with Gasteiger partial charge in [0, 0.05) is 31.4 Å². The number of carbonyl (C=O) groups is 1. The Kier molecular flexibility index (Phi) is 4.36. The van der Waals surface area contributed by atoms with Gasteiger partial charge in [-0.3, -0.25) is 4.79 Å². The van der Waals surface area contributed by atoms with Gasteiger partial charge in [0.2, 0.25) is 5.95 Å². The Morgan fingerprint density at radius 3 is 2.76 bits per heavy atom. The van der Waals surface area contributed by atoms with E-state index in [1.165, 1.54) is 0 Å². The summed E-state index contributed by atoms with van der Waals surface area (Å²) < 4.78 is 5.39. The molecule has 1 saturated heterocycles. The van der Waals surface area contributed by atoms with Crippen LogP contribution in [0.1, 0.15) is 27.2 Å². The lowest BCUT2D eigenvalue weighted by molar-refractivity contribution is 0.0731. The van der Waals surface area contributed by atoms with E-state index in [1.807, 2.05) is 42.3 Å². The maximum absolute atomic E-state index is 12.9. The summed E-state index contributed by atoms with van der Waals surface area (Å²) in [5.41, 5.74) is 3.89. The summed E-state index contributed by atoms with van der Waals surface area (Å²) in [7, 11) is 0. The van der Waals surface area contributed by atoms with Crippen molar-refractivity contribution in [1.29, 1.82) is 0 Å². The van der Waals surface area contributed by atoms with E-state index in [2.05, 4.69) is 9.88 Å². The van der Waals surface area contributed by atoms with Gasteiger partial charge in [0.25, 0.3) is 5.91 Å². The number of carbonyl (C=O) groups excluding carboxylic acids is 1. The zero-order valence-electron chi connectivity index (χ0n) is 14.4. The molecule has 2 aromatic rings. The molecule has 4 rings (SSSR count). The van der Waals surface area contributed by atoms with Crippen molar-refractivity contribution in [2.75, 3.05) is 37.7 Å². The Morgan fingerprint density at radius 2 is 1.96 bits per heavy atom. The van der Waals surface area contributed by atoms with Crippen molar-refractivity contribution in [2.45, 2.75) is 19.9 Å². The highest BCUT2D eigenvalue weighted by molar-refractivity contribution is 5.95. The molecule has 0 unspecified atom stereocenters. The largest absolute Gasteiger partial charge is 0.378 e. The third-order valence-electron chi connectivity index (χ3n) is 4.89. The van der Waals surface area contributed by atoms with Gasteiger partial charge in [0.15, 0.2) is 0 Å². The number of morpholine rings is 1. The SMILES string of the molecule is Cc1ccccc1C(=O)N1CCc2cnc(N3CCOCC3)nc2C1. The zero-order valence-corrected chi connectivity index (χ0v) is 14.4. The van der Waals surface area contributed by atoms with E-state index in [-0.39, 0.29) is 5.91 Å². The molecule has 6 nitrogen and oxygen atoms in total. The van der Waals surface area contributed by atoms with Gasteiger partial charge in [-0.2, -0.15) is 0 Å². The number of hydrogen-bond donors (Lipinski definition) is 0. The fourth-order valence-corrected chi connectivity index (χ4v) is 3.36. The molecule has 0 spiro atoms. The molecule has 2 aliphatic rings. The van der Waals surface area contributed by atoms with Crippen LogP contribution >= 0.6 is 0 Å². The first kappa shape index (κ1) is 16.0. The minimum atomic E-state index is 0.0790. The van der Waals surface area contributed by atoms with Crippen molar-refractivity contribution < 1.29 is 9.53 Å². The van der Waals surface area contributed by atoms with Crippen LogP contribution in [0.5, 0.6) is 0 Å². The van der Waals surface area contributed by atoms with Crippen LogP contribution in [0.4, 0.5) is 5.95 Å². The van der Waals surface area contributed by atoms with E-state index in [1.54, 1.807) is 0 Å². The predicted molar refractivity (Wildman–Crippen MR) is 94.7 cm³/mol. The number of benzene rings is 1. The maximum atomic E-state index is 12.9. The van der Waals surface area contributed by atoms with Crippen molar-refractivity contribution in [3.8, 4) is 0 Å². The molecule has 3 heterocycles. The molecule has 6 heteroatoms. The molecule has 0 N–H and O–H groups in total. The second-order valence-electron chi connectivity index (χ2n) is 6.53. The van der Waals surface area contributed by atoms with Crippen molar-refractivity contribution >= 4 is 11.9 Å². The lowest BCUT2D eigenvalue weighted by Gasteiger charge is -2.31. The molecule has 0 atom stereocenters. The number of ether oxygens (including phenoxy) is 1. The van der Waals surface area contributed by atoms with E-state index >= 15 is 0 Å². The third kappa shape index (κ3) is 3.22. The van der Waals surface area contributed by atoms with Crippen LogP contribution < -0.4 is 4.90 Å². The molecular weight excluding hydrogens is 316 g/mol. The molecule has 130 valence electrons. The Bertz CT molecular complexity index is 787. The van der Waals surface area contributed by atoms with Gasteiger partial charge < -0.3 is 14.5 Å². The lowest BCUT2D eigenvalue weighted by Crippen LogP contribution is -2.39. The number of amides is 1. The van der Waals surface area contributed by atoms with Crippen LogP contribution in [0.2, 0.25) is 0 Å². The molecule has 1 amide bonds. The van der Waals surface area contributed by atoms with Crippen molar-refractivity contribution in [3.63, 3.8) is 0 Å². The van der Waals surface area contributed by atoms with Gasteiger partial charge in [0.05, 0.1) is 25.5 Å². The van der Waals surface area contributed by atoms with Crippen LogP contribution in [0.15, 0.2) is 30.5 Å². The Hall–Kier alpha value is -2.47. The van der Waals surface area contributed by atoms with Gasteiger partial charge in [0.1, 0.15) is 0 Å². The fourth-order valence-electron chi connectivity index (χ4n) is 3.36. The van der Waals surface area contributed by atoms with Gasteiger partial charge in [-0.1, -0.05) is 18.2 Å². The monoisotopic (exact) mass is 338 g/mol. The molecule has 25 heavy (non-hydrogen) atoms. The topological polar surface area (TPSA) is 58.6 Å². The van der Waals surface area contributed by atoms with Gasteiger partial charge >= 0.3 is 0 Å². The summed E-state index contributed by atoms with van der Waals surface area (Å²) in [6.07, 6.45) is 2.72. The number of hydrogen-bond acceptors (Lipinski definition) is 5.